The van der Waals surface area contributed by atoms with Gasteiger partial charge in [0.15, 0.2) is 17.2 Å². The van der Waals surface area contributed by atoms with Gasteiger partial charge in [0.2, 0.25) is 0 Å². The van der Waals surface area contributed by atoms with Gasteiger partial charge in [-0.05, 0) is 30.7 Å². The summed E-state index contributed by atoms with van der Waals surface area (Å²) in [6, 6.07) is 4.32. The molecular weight excluding hydrogens is 449 g/mol. The number of nitrogens with zero attached hydrogens (tertiary/aromatic N) is 1. The molecule has 176 valence electrons. The molecule has 6 nitrogen and oxygen atoms in total. The maximum Gasteiger partial charge on any atom is 0.417 e. The van der Waals surface area contributed by atoms with Crippen LogP contribution in [-0.2, 0) is 9.53 Å². The van der Waals surface area contributed by atoms with Gasteiger partial charge in [0.25, 0.3) is 11.8 Å². The molecule has 11 heteroatoms. The molecule has 0 bridgehead atoms. The Labute approximate surface area is 185 Å². The molecule has 0 aliphatic carbocycles. The van der Waals surface area contributed by atoms with E-state index in [1.807, 2.05) is 0 Å². The number of hydrogen-bond acceptors (Lipinski definition) is 4. The highest BCUT2D eigenvalue weighted by Gasteiger charge is 2.65. The molecule has 3 N–H and O–H groups in total. The number of nitrogens with one attached hydrogen (secondary N) is 1. The summed E-state index contributed by atoms with van der Waals surface area (Å²) in [7, 11) is 0. The minimum Gasteiger partial charge on any atom is -0.364 e. The van der Waals surface area contributed by atoms with Crippen LogP contribution in [0.1, 0.15) is 41.4 Å². The Morgan fingerprint density at radius 1 is 1.27 bits per heavy atom. The summed E-state index contributed by atoms with van der Waals surface area (Å²) in [4.78, 5) is 28.1. The van der Waals surface area contributed by atoms with E-state index in [2.05, 4.69) is 16.9 Å². The molecule has 1 aliphatic rings. The van der Waals surface area contributed by atoms with E-state index < -0.39 is 53.2 Å². The van der Waals surface area contributed by atoms with Crippen molar-refractivity contribution in [2.24, 2.45) is 11.7 Å². The first-order chi connectivity index (χ1) is 15.3. The van der Waals surface area contributed by atoms with Gasteiger partial charge in [-0.2, -0.15) is 13.2 Å². The lowest BCUT2D eigenvalue weighted by Crippen LogP contribution is -2.47. The number of primary amides is 1. The zero-order valence-corrected chi connectivity index (χ0v) is 17.5. The smallest absolute Gasteiger partial charge is 0.364 e. The Balaban J connectivity index is 2.08. The number of halogens is 5. The van der Waals surface area contributed by atoms with Crippen molar-refractivity contribution in [3.05, 3.63) is 65.5 Å². The van der Waals surface area contributed by atoms with Crippen LogP contribution in [0.25, 0.3) is 6.08 Å². The van der Waals surface area contributed by atoms with Crippen molar-refractivity contribution in [1.29, 1.82) is 0 Å². The van der Waals surface area contributed by atoms with Gasteiger partial charge in [0, 0.05) is 29.3 Å². The van der Waals surface area contributed by atoms with Crippen molar-refractivity contribution < 1.29 is 36.3 Å². The highest BCUT2D eigenvalue weighted by atomic mass is 19.4. The summed E-state index contributed by atoms with van der Waals surface area (Å²) in [5.41, 5.74) is 1.83. The van der Waals surface area contributed by atoms with Gasteiger partial charge in [0.05, 0.1) is 0 Å². The van der Waals surface area contributed by atoms with Crippen LogP contribution in [0.5, 0.6) is 0 Å². The molecule has 3 rings (SSSR count). The third-order valence-corrected chi connectivity index (χ3v) is 5.94. The standard InChI is InChI=1S/C22H20F5N3O3/c1-4-12-13(5-6-14(23)17(12)24)16-10(2)21(3,22(25,26)27)33-18(16)20(32)30-11-7-8-29-15(9-11)19(28)31/h4-10,16,18H,1H2,2-3H3,(H2,28,31)(H,29,30,32)/t10-,16+,18+,21+/m1/s1. The van der Waals surface area contributed by atoms with Crippen molar-refractivity contribution in [2.45, 2.75) is 37.6 Å². The fourth-order valence-electron chi connectivity index (χ4n) is 3.96. The quantitative estimate of drug-likeness (QED) is 0.643. The predicted octanol–water partition coefficient (Wildman–Crippen LogP) is 4.18. The summed E-state index contributed by atoms with van der Waals surface area (Å²) in [5.74, 6) is -7.05. The number of pyridine rings is 1. The van der Waals surface area contributed by atoms with E-state index in [-0.39, 0.29) is 22.5 Å². The predicted molar refractivity (Wildman–Crippen MR) is 109 cm³/mol. The van der Waals surface area contributed by atoms with Crippen molar-refractivity contribution in [2.75, 3.05) is 5.32 Å². The van der Waals surface area contributed by atoms with Crippen LogP contribution < -0.4 is 11.1 Å². The summed E-state index contributed by atoms with van der Waals surface area (Å²) in [6.07, 6.45) is -4.46. The first-order valence-electron chi connectivity index (χ1n) is 9.73. The average molecular weight is 469 g/mol. The number of carbonyl (C=O) groups is 2. The van der Waals surface area contributed by atoms with Crippen molar-refractivity contribution in [3.8, 4) is 0 Å². The Hall–Kier alpha value is -3.34. The number of alkyl halides is 3. The van der Waals surface area contributed by atoms with Crippen LogP contribution in [0.4, 0.5) is 27.6 Å². The number of amides is 2. The number of nitrogens with two attached hydrogens (primary N) is 1. The number of rotatable bonds is 5. The molecule has 1 aromatic carbocycles. The molecule has 0 radical (unpaired) electrons. The van der Waals surface area contributed by atoms with Gasteiger partial charge in [-0.3, -0.25) is 14.6 Å². The zero-order valence-electron chi connectivity index (χ0n) is 17.5. The van der Waals surface area contributed by atoms with E-state index in [9.17, 15) is 31.5 Å². The lowest BCUT2D eigenvalue weighted by molar-refractivity contribution is -0.272. The van der Waals surface area contributed by atoms with Crippen molar-refractivity contribution in [3.63, 3.8) is 0 Å². The molecular formula is C22H20F5N3O3. The molecule has 1 saturated heterocycles. The second-order valence-corrected chi connectivity index (χ2v) is 7.81. The highest BCUT2D eigenvalue weighted by Crippen LogP contribution is 2.54. The monoisotopic (exact) mass is 469 g/mol. The second kappa shape index (κ2) is 8.54. The Morgan fingerprint density at radius 2 is 1.94 bits per heavy atom. The van der Waals surface area contributed by atoms with Crippen LogP contribution >= 0.6 is 0 Å². The molecule has 1 fully saturated rings. The van der Waals surface area contributed by atoms with E-state index in [0.29, 0.717) is 0 Å². The summed E-state index contributed by atoms with van der Waals surface area (Å²) in [5, 5.41) is 2.38. The molecule has 0 saturated carbocycles. The number of benzene rings is 1. The summed E-state index contributed by atoms with van der Waals surface area (Å²) < 4.78 is 75.3. The summed E-state index contributed by atoms with van der Waals surface area (Å²) in [6.45, 7) is 5.43. The maximum atomic E-state index is 14.4. The average Bonchev–Trinajstić information content (AvgIpc) is 3.02. The van der Waals surface area contributed by atoms with E-state index in [1.54, 1.807) is 0 Å². The van der Waals surface area contributed by atoms with E-state index in [1.165, 1.54) is 19.2 Å². The van der Waals surface area contributed by atoms with Gasteiger partial charge in [0.1, 0.15) is 11.8 Å². The summed E-state index contributed by atoms with van der Waals surface area (Å²) >= 11 is 0. The lowest BCUT2D eigenvalue weighted by atomic mass is 9.75. The number of anilines is 1. The fourth-order valence-corrected chi connectivity index (χ4v) is 3.96. The van der Waals surface area contributed by atoms with Crippen molar-refractivity contribution >= 4 is 23.6 Å². The van der Waals surface area contributed by atoms with E-state index in [0.717, 1.165) is 31.2 Å². The fraction of sp³-hybridized carbons (Fsp3) is 0.318. The molecule has 1 aliphatic heterocycles. The first-order valence-corrected chi connectivity index (χ1v) is 9.73. The Morgan fingerprint density at radius 3 is 2.52 bits per heavy atom. The van der Waals surface area contributed by atoms with Crippen LogP contribution in [-0.4, -0.2) is 34.7 Å². The van der Waals surface area contributed by atoms with Crippen LogP contribution in [0.2, 0.25) is 0 Å². The van der Waals surface area contributed by atoms with Crippen LogP contribution in [0.3, 0.4) is 0 Å². The molecule has 4 atom stereocenters. The Kier molecular flexibility index (Phi) is 6.29. The molecule has 33 heavy (non-hydrogen) atoms. The first kappa shape index (κ1) is 24.3. The topological polar surface area (TPSA) is 94.3 Å². The van der Waals surface area contributed by atoms with Crippen LogP contribution in [0.15, 0.2) is 37.0 Å². The van der Waals surface area contributed by atoms with E-state index >= 15 is 0 Å². The number of hydrogen-bond donors (Lipinski definition) is 2. The number of carbonyl (C=O) groups excluding carboxylic acids is 2. The third-order valence-electron chi connectivity index (χ3n) is 5.94. The molecule has 1 aromatic heterocycles. The van der Waals surface area contributed by atoms with Gasteiger partial charge in [-0.1, -0.05) is 25.6 Å². The zero-order chi connectivity index (χ0) is 24.7. The third kappa shape index (κ3) is 4.20. The van der Waals surface area contributed by atoms with Crippen LogP contribution in [0, 0.1) is 17.6 Å². The maximum absolute atomic E-state index is 14.4. The van der Waals surface area contributed by atoms with Crippen molar-refractivity contribution in [1.82, 2.24) is 4.98 Å². The Bertz CT molecular complexity index is 1120. The highest BCUT2D eigenvalue weighted by molar-refractivity contribution is 5.97. The van der Waals surface area contributed by atoms with Gasteiger partial charge >= 0.3 is 6.18 Å². The molecule has 0 unspecified atom stereocenters. The molecule has 2 heterocycles. The normalized spacial score (nSPS) is 25.0. The lowest BCUT2D eigenvalue weighted by Gasteiger charge is -2.32. The minimum atomic E-state index is -4.87. The minimum absolute atomic E-state index is 0.0358. The van der Waals surface area contributed by atoms with Gasteiger partial charge in [-0.25, -0.2) is 8.78 Å². The SMILES string of the molecule is C=Cc1c([C@H]2[C@@H](C(=O)Nc3ccnc(C(N)=O)c3)O[C@](C)(C(F)(F)F)[C@@H]2C)ccc(F)c1F. The molecule has 2 amide bonds. The van der Waals surface area contributed by atoms with E-state index in [4.69, 9.17) is 10.5 Å². The molecule has 2 aromatic rings. The number of aromatic nitrogens is 1. The van der Waals surface area contributed by atoms with Gasteiger partial charge in [-0.15, -0.1) is 0 Å². The molecule has 0 spiro atoms. The second-order valence-electron chi connectivity index (χ2n) is 7.81. The number of ether oxygens (including phenoxy) is 1. The largest absolute Gasteiger partial charge is 0.417 e. The van der Waals surface area contributed by atoms with Gasteiger partial charge < -0.3 is 15.8 Å².